The van der Waals surface area contributed by atoms with Gasteiger partial charge in [-0.1, -0.05) is 60.7 Å². The van der Waals surface area contributed by atoms with Gasteiger partial charge in [-0.3, -0.25) is 19.3 Å². The minimum atomic E-state index is -2.30. The summed E-state index contributed by atoms with van der Waals surface area (Å²) in [6.07, 6.45) is -6.36. The van der Waals surface area contributed by atoms with E-state index in [4.69, 9.17) is 33.2 Å². The molecule has 4 N–H and O–H groups in total. The molecule has 3 saturated heterocycles. The molecule has 0 spiro atoms. The Kier molecular flexibility index (Phi) is 10.9. The molecule has 10 rings (SSSR count). The number of carbonyl (C=O) groups excluding carboxylic acids is 4. The van der Waals surface area contributed by atoms with Crippen molar-refractivity contribution < 1.29 is 67.7 Å². The summed E-state index contributed by atoms with van der Waals surface area (Å²) >= 11 is 0. The molecule has 0 aromatic heterocycles. The molecule has 340 valence electrons. The lowest BCUT2D eigenvalue weighted by molar-refractivity contribution is -0.256. The molecule has 0 saturated carbocycles. The van der Waals surface area contributed by atoms with Crippen LogP contribution in [0.5, 0.6) is 17.2 Å². The van der Waals surface area contributed by atoms with E-state index in [-0.39, 0.29) is 59.7 Å². The number of benzene rings is 4. The summed E-state index contributed by atoms with van der Waals surface area (Å²) in [6.45, 7) is 2.68. The number of hydrogen-bond donors (Lipinski definition) is 4. The van der Waals surface area contributed by atoms with E-state index in [1.807, 2.05) is 55.5 Å². The maximum atomic E-state index is 14.2. The van der Waals surface area contributed by atoms with Crippen molar-refractivity contribution in [3.63, 3.8) is 0 Å². The second kappa shape index (κ2) is 16.5. The minimum Gasteiger partial charge on any atom is -0.507 e. The maximum absolute atomic E-state index is 14.2. The van der Waals surface area contributed by atoms with E-state index in [0.717, 1.165) is 22.3 Å². The number of nitrogens with zero attached hydrogens (tertiary/aromatic N) is 2. The fraction of sp³-hybridized carbons (Fsp3) is 0.417. The van der Waals surface area contributed by atoms with Gasteiger partial charge in [-0.25, -0.2) is 4.79 Å². The Morgan fingerprint density at radius 2 is 1.60 bits per heavy atom. The van der Waals surface area contributed by atoms with Crippen molar-refractivity contribution in [1.82, 2.24) is 15.1 Å². The number of aliphatic hydroxyl groups is 1. The summed E-state index contributed by atoms with van der Waals surface area (Å²) in [6, 6.07) is 19.7. The number of likely N-dealkylation sites (N-methyl/N-ethyl adjacent to an activating group) is 1. The van der Waals surface area contributed by atoms with Crippen molar-refractivity contribution in [2.75, 3.05) is 47.5 Å². The third-order valence-corrected chi connectivity index (χ3v) is 13.6. The van der Waals surface area contributed by atoms with E-state index in [9.17, 15) is 34.5 Å². The molecule has 17 heteroatoms. The monoisotopic (exact) mass is 891 g/mol. The molecule has 2 amide bonds. The highest BCUT2D eigenvalue weighted by molar-refractivity contribution is 6.31. The summed E-state index contributed by atoms with van der Waals surface area (Å²) < 4.78 is 42.1. The minimum absolute atomic E-state index is 0.00287. The molecule has 6 aliphatic rings. The molecule has 3 fully saturated rings. The average molecular weight is 892 g/mol. The van der Waals surface area contributed by atoms with Crippen molar-refractivity contribution >= 4 is 23.6 Å². The number of carbonyl (C=O) groups is 4. The number of amides is 2. The van der Waals surface area contributed by atoms with Crippen molar-refractivity contribution in [3.05, 3.63) is 111 Å². The maximum Gasteiger partial charge on any atom is 0.410 e. The topological polar surface area (TPSA) is 212 Å². The number of aromatic hydroxyl groups is 2. The highest BCUT2D eigenvalue weighted by Crippen LogP contribution is 2.53. The molecule has 17 nitrogen and oxygen atoms in total. The van der Waals surface area contributed by atoms with Gasteiger partial charge in [0.1, 0.15) is 29.0 Å². The van der Waals surface area contributed by atoms with Crippen LogP contribution in [0.2, 0.25) is 0 Å². The molecule has 4 aromatic carbocycles. The van der Waals surface area contributed by atoms with Crippen LogP contribution in [0.4, 0.5) is 4.79 Å². The van der Waals surface area contributed by atoms with E-state index in [2.05, 4.69) is 10.2 Å². The number of methoxy groups -OCH3 is 2. The summed E-state index contributed by atoms with van der Waals surface area (Å²) in [5.41, 5.74) is 0.120. The largest absolute Gasteiger partial charge is 0.507 e. The van der Waals surface area contributed by atoms with Gasteiger partial charge in [0.05, 0.1) is 42.6 Å². The Labute approximate surface area is 373 Å². The fourth-order valence-corrected chi connectivity index (χ4v) is 10.5. The smallest absolute Gasteiger partial charge is 0.410 e. The van der Waals surface area contributed by atoms with Gasteiger partial charge in [-0.05, 0) is 24.1 Å². The van der Waals surface area contributed by atoms with Crippen LogP contribution < -0.4 is 10.1 Å². The molecular weight excluding hydrogens is 843 g/mol. The Balaban J connectivity index is 0.919. The van der Waals surface area contributed by atoms with Crippen LogP contribution >= 0.6 is 0 Å². The van der Waals surface area contributed by atoms with Gasteiger partial charge in [0.2, 0.25) is 5.78 Å². The number of morpholine rings is 1. The van der Waals surface area contributed by atoms with Gasteiger partial charge in [-0.2, -0.15) is 0 Å². The third kappa shape index (κ3) is 6.95. The predicted molar refractivity (Wildman–Crippen MR) is 227 cm³/mol. The lowest BCUT2D eigenvalue weighted by Crippen LogP contribution is -2.55. The van der Waals surface area contributed by atoms with E-state index in [1.165, 1.54) is 37.3 Å². The average Bonchev–Trinajstić information content (AvgIpc) is 3.84. The van der Waals surface area contributed by atoms with Gasteiger partial charge in [-0.15, -0.1) is 0 Å². The first-order chi connectivity index (χ1) is 31.3. The van der Waals surface area contributed by atoms with E-state index < -0.39 is 102 Å². The number of ether oxygens (including phenoxy) is 7. The normalized spacial score (nSPS) is 27.6. The Morgan fingerprint density at radius 3 is 2.31 bits per heavy atom. The number of ketones is 2. The molecule has 4 aromatic rings. The molecule has 3 aliphatic heterocycles. The number of nitrogens with one attached hydrogen (secondary N) is 1. The summed E-state index contributed by atoms with van der Waals surface area (Å²) in [5, 5.41) is 39.2. The number of fused-ring (bicyclic) bond motifs is 9. The summed E-state index contributed by atoms with van der Waals surface area (Å²) in [7, 11) is 4.42. The first kappa shape index (κ1) is 43.0. The lowest BCUT2D eigenvalue weighted by atomic mass is 9.72. The molecule has 0 bridgehead atoms. The number of phenols is 2. The van der Waals surface area contributed by atoms with Gasteiger partial charge in [0, 0.05) is 86.9 Å². The number of hydrogen-bond acceptors (Lipinski definition) is 15. The molecule has 3 heterocycles. The Morgan fingerprint density at radius 1 is 0.908 bits per heavy atom. The van der Waals surface area contributed by atoms with Crippen LogP contribution in [-0.4, -0.2) is 139 Å². The molecular formula is C48H49N3O14. The van der Waals surface area contributed by atoms with Crippen molar-refractivity contribution in [2.24, 2.45) is 0 Å². The van der Waals surface area contributed by atoms with Crippen LogP contribution in [0.1, 0.15) is 86.1 Å². The van der Waals surface area contributed by atoms with Crippen molar-refractivity contribution in [2.45, 2.75) is 81.1 Å². The van der Waals surface area contributed by atoms with E-state index in [0.29, 0.717) is 13.2 Å². The molecule has 65 heavy (non-hydrogen) atoms. The molecule has 0 unspecified atom stereocenters. The zero-order valence-corrected chi connectivity index (χ0v) is 36.1. The fourth-order valence-electron chi connectivity index (χ4n) is 10.5. The molecule has 8 atom stereocenters. The van der Waals surface area contributed by atoms with Crippen LogP contribution in [0.3, 0.4) is 0 Å². The van der Waals surface area contributed by atoms with Gasteiger partial charge >= 0.3 is 6.09 Å². The zero-order valence-electron chi connectivity index (χ0n) is 36.1. The van der Waals surface area contributed by atoms with Gasteiger partial charge in [0.25, 0.3) is 5.91 Å². The molecule has 3 aliphatic carbocycles. The van der Waals surface area contributed by atoms with Gasteiger partial charge in [0.15, 0.2) is 30.7 Å². The van der Waals surface area contributed by atoms with Gasteiger partial charge < -0.3 is 58.7 Å². The molecule has 0 radical (unpaired) electrons. The predicted octanol–water partition coefficient (Wildman–Crippen LogP) is 4.10. The Bertz CT molecular complexity index is 2570. The number of rotatable bonds is 9. The van der Waals surface area contributed by atoms with Crippen molar-refractivity contribution in [3.8, 4) is 28.4 Å². The van der Waals surface area contributed by atoms with Crippen LogP contribution in [0.15, 0.2) is 66.7 Å². The SMILES string of the molecule is COc1cccc2c1C(=O)c1c(O)c3c(c(O)c1C2=O)C[C@@](O)(C(=O)NCCN(C)C(=O)OC1c2ccccc2-c2ccccc21)C[C@@H]3O[C@H]1C[C@H]2[C@H](O[C@@H]3[C@@H](OC)OCCN32)[C@H](C)O1. The van der Waals surface area contributed by atoms with E-state index in [1.54, 1.807) is 7.11 Å². The summed E-state index contributed by atoms with van der Waals surface area (Å²) in [5.74, 6) is -3.60. The lowest BCUT2D eigenvalue weighted by Gasteiger charge is -2.43. The summed E-state index contributed by atoms with van der Waals surface area (Å²) in [4.78, 5) is 59.5. The zero-order chi connectivity index (χ0) is 45.5. The quantitative estimate of drug-likeness (QED) is 0.154. The van der Waals surface area contributed by atoms with Crippen molar-refractivity contribution in [1.29, 1.82) is 0 Å². The van der Waals surface area contributed by atoms with Crippen LogP contribution in [0.25, 0.3) is 11.1 Å². The second-order valence-corrected chi connectivity index (χ2v) is 17.3. The van der Waals surface area contributed by atoms with E-state index >= 15 is 0 Å². The highest BCUT2D eigenvalue weighted by Gasteiger charge is 2.55. The Hall–Kier alpha value is -5.92. The number of phenolic OH excluding ortho intramolecular Hbond substituents is 2. The highest BCUT2D eigenvalue weighted by atomic mass is 16.7. The third-order valence-electron chi connectivity index (χ3n) is 13.6. The van der Waals surface area contributed by atoms with Crippen LogP contribution in [-0.2, 0) is 39.6 Å². The second-order valence-electron chi connectivity index (χ2n) is 17.3. The first-order valence-electron chi connectivity index (χ1n) is 21.7. The first-order valence-corrected chi connectivity index (χ1v) is 21.7. The van der Waals surface area contributed by atoms with Crippen LogP contribution in [0, 0.1) is 0 Å². The standard InChI is InChI=1S/C48H49N3O14/c1-23-42-30(51-18-19-61-45(60-4)44(51)64-42)20-33(62-23)63-32-22-48(58,21-29-35(32)41(55)37-36(39(29)53)38(52)28-14-9-15-31(59-3)34(28)40(37)54)46(56)49-16-17-50(2)47(57)65-43-26-12-7-5-10-24(26)25-11-6-8-13-27(25)43/h5-15,23,30,32-33,42-45,53,55,58H,16-22H2,1-4H3,(H,49,56)/t23-,30-,32-,33-,42+,44+,45-,48-/m0/s1.